The zero-order valence-electron chi connectivity index (χ0n) is 22.0. The summed E-state index contributed by atoms with van der Waals surface area (Å²) in [5.74, 6) is 0.915. The van der Waals surface area contributed by atoms with Crippen LogP contribution in [0.4, 0.5) is 0 Å². The molecule has 0 aliphatic rings. The monoisotopic (exact) mass is 569 g/mol. The van der Waals surface area contributed by atoms with Crippen molar-refractivity contribution < 1.29 is 19.0 Å². The Morgan fingerprint density at radius 2 is 2.00 bits per heavy atom. The Morgan fingerprint density at radius 1 is 1.27 bits per heavy atom. The normalized spacial score (nSPS) is 12.5. The Balaban J connectivity index is 2.17. The Bertz CT molecular complexity index is 1410. The summed E-state index contributed by atoms with van der Waals surface area (Å²) in [5, 5.41) is 5.02. The molecule has 0 spiro atoms. The maximum Gasteiger partial charge on any atom is 0.346 e. The van der Waals surface area contributed by atoms with E-state index in [1.165, 1.54) is 11.8 Å². The number of halogens is 1. The van der Waals surface area contributed by atoms with Crippen molar-refractivity contribution in [3.8, 4) is 11.5 Å². The molecule has 0 aliphatic carbocycles. The summed E-state index contributed by atoms with van der Waals surface area (Å²) in [4.78, 5) is 30.2. The second-order valence-electron chi connectivity index (χ2n) is 9.42. The van der Waals surface area contributed by atoms with Crippen LogP contribution in [0.15, 0.2) is 57.4 Å². The van der Waals surface area contributed by atoms with Gasteiger partial charge in [0.1, 0.15) is 5.82 Å². The molecule has 0 saturated heterocycles. The van der Waals surface area contributed by atoms with Gasteiger partial charge >= 0.3 is 5.97 Å². The highest BCUT2D eigenvalue weighted by Crippen LogP contribution is 2.34. The van der Waals surface area contributed by atoms with Crippen molar-refractivity contribution in [3.63, 3.8) is 0 Å². The van der Waals surface area contributed by atoms with E-state index in [4.69, 9.17) is 19.2 Å². The van der Waals surface area contributed by atoms with E-state index in [1.54, 1.807) is 31.3 Å². The highest BCUT2D eigenvalue weighted by molar-refractivity contribution is 9.10. The van der Waals surface area contributed by atoms with Crippen LogP contribution in [0.3, 0.4) is 0 Å². The van der Waals surface area contributed by atoms with E-state index in [2.05, 4.69) is 27.6 Å². The molecule has 0 fully saturated rings. The number of rotatable bonds is 9. The van der Waals surface area contributed by atoms with Gasteiger partial charge in [0.25, 0.3) is 5.56 Å². The molecule has 1 atom stereocenters. The van der Waals surface area contributed by atoms with Crippen molar-refractivity contribution >= 4 is 39.0 Å². The number of nitrogens with zero attached hydrogens (tertiary/aromatic N) is 3. The van der Waals surface area contributed by atoms with Gasteiger partial charge in [-0.25, -0.2) is 9.78 Å². The third kappa shape index (κ3) is 6.46. The summed E-state index contributed by atoms with van der Waals surface area (Å²) in [6, 6.07) is 9.03. The molecule has 2 aromatic carbocycles. The van der Waals surface area contributed by atoms with Gasteiger partial charge < -0.3 is 14.2 Å². The van der Waals surface area contributed by atoms with E-state index in [0.717, 1.165) is 10.0 Å². The Labute approximate surface area is 225 Å². The van der Waals surface area contributed by atoms with Crippen molar-refractivity contribution in [1.29, 1.82) is 0 Å². The Kier molecular flexibility index (Phi) is 8.91. The first-order valence-electron chi connectivity index (χ1n) is 11.9. The van der Waals surface area contributed by atoms with Crippen molar-refractivity contribution in [2.75, 3.05) is 13.7 Å². The zero-order valence-corrected chi connectivity index (χ0v) is 23.6. The molecule has 8 nitrogen and oxygen atoms in total. The summed E-state index contributed by atoms with van der Waals surface area (Å²) in [6.07, 6.45) is 2.95. The highest BCUT2D eigenvalue weighted by Gasteiger charge is 2.24. The molecular formula is C28H32BrN3O5. The minimum Gasteiger partial charge on any atom is -0.490 e. The molecule has 0 unspecified atom stereocenters. The summed E-state index contributed by atoms with van der Waals surface area (Å²) in [7, 11) is 1.31. The smallest absolute Gasteiger partial charge is 0.346 e. The Morgan fingerprint density at radius 3 is 2.62 bits per heavy atom. The van der Waals surface area contributed by atoms with Crippen molar-refractivity contribution in [2.24, 2.45) is 5.10 Å². The lowest BCUT2D eigenvalue weighted by atomic mass is 9.95. The topological polar surface area (TPSA) is 92.0 Å². The second kappa shape index (κ2) is 11.7. The fourth-order valence-corrected chi connectivity index (χ4v) is 4.08. The Hall–Kier alpha value is -3.46. The molecule has 0 amide bonds. The summed E-state index contributed by atoms with van der Waals surface area (Å²) >= 11 is 3.43. The molecule has 0 radical (unpaired) electrons. The maximum atomic E-state index is 13.5. The van der Waals surface area contributed by atoms with Gasteiger partial charge in [0, 0.05) is 15.5 Å². The van der Waals surface area contributed by atoms with Crippen molar-refractivity contribution in [3.05, 3.63) is 74.8 Å². The molecule has 1 aromatic heterocycles. The molecule has 0 aliphatic heterocycles. The van der Waals surface area contributed by atoms with Gasteiger partial charge in [0.2, 0.25) is 0 Å². The fraction of sp³-hybridized carbons (Fsp3) is 0.357. The quantitative estimate of drug-likeness (QED) is 0.194. The molecule has 3 rings (SSSR count). The first-order chi connectivity index (χ1) is 17.5. The van der Waals surface area contributed by atoms with Gasteiger partial charge in [-0.1, -0.05) is 42.8 Å². The van der Waals surface area contributed by atoms with Crippen molar-refractivity contribution in [1.82, 2.24) is 9.66 Å². The van der Waals surface area contributed by atoms with Crippen LogP contribution in [0.5, 0.6) is 11.5 Å². The van der Waals surface area contributed by atoms with Gasteiger partial charge in [-0.2, -0.15) is 9.78 Å². The minimum absolute atomic E-state index is 0.268. The summed E-state index contributed by atoms with van der Waals surface area (Å²) in [5.41, 5.74) is 1.33. The molecule has 9 heteroatoms. The molecule has 37 heavy (non-hydrogen) atoms. The number of fused-ring (bicyclic) bond motifs is 1. The van der Waals surface area contributed by atoms with Gasteiger partial charge in [-0.15, -0.1) is 6.58 Å². The molecule has 1 heterocycles. The van der Waals surface area contributed by atoms with E-state index in [-0.39, 0.29) is 5.56 Å². The number of allylic oxidation sites excluding steroid dienone is 1. The number of aromatic nitrogens is 2. The number of carbonyl (C=O) groups excluding carboxylic acids is 1. The first kappa shape index (κ1) is 28.1. The predicted octanol–water partition coefficient (Wildman–Crippen LogP) is 5.41. The summed E-state index contributed by atoms with van der Waals surface area (Å²) < 4.78 is 18.7. The third-order valence-electron chi connectivity index (χ3n) is 5.45. The average molecular weight is 570 g/mol. The number of methoxy groups -OCH3 is 1. The van der Waals surface area contributed by atoms with E-state index < -0.39 is 17.5 Å². The largest absolute Gasteiger partial charge is 0.490 e. The van der Waals surface area contributed by atoms with Gasteiger partial charge in [0.15, 0.2) is 17.6 Å². The number of hydrogen-bond donors (Lipinski definition) is 0. The van der Waals surface area contributed by atoms with E-state index >= 15 is 0 Å². The van der Waals surface area contributed by atoms with Crippen LogP contribution in [-0.2, 0) is 21.4 Å². The standard InChI is InChI=1S/C28H32BrN3O5/c1-8-10-19-13-18(14-23(36-9-2)24(19)37-17(3)26(34)35-7)16-30-32-25(33)21-15-20(29)11-12-22(21)31-27(32)28(4,5)6/h8,11-17H,1,9-10H2,2-7H3/t17-/m1/s1. The SMILES string of the molecule is C=CCc1cc(C=Nn2c(C(C)(C)C)nc3ccc(Br)cc3c2=O)cc(OCC)c1O[C@H](C)C(=O)OC. The van der Waals surface area contributed by atoms with Crippen LogP contribution in [0.25, 0.3) is 10.9 Å². The van der Waals surface area contributed by atoms with Crippen LogP contribution in [0, 0.1) is 0 Å². The second-order valence-corrected chi connectivity index (χ2v) is 10.3. The molecular weight excluding hydrogens is 538 g/mol. The van der Waals surface area contributed by atoms with E-state index in [0.29, 0.717) is 46.8 Å². The van der Waals surface area contributed by atoms with Crippen LogP contribution in [0.1, 0.15) is 51.6 Å². The zero-order chi connectivity index (χ0) is 27.3. The van der Waals surface area contributed by atoms with E-state index in [1.807, 2.05) is 45.9 Å². The van der Waals surface area contributed by atoms with Crippen LogP contribution in [0.2, 0.25) is 0 Å². The fourth-order valence-electron chi connectivity index (χ4n) is 3.72. The van der Waals surface area contributed by atoms with Gasteiger partial charge in [0.05, 0.1) is 30.8 Å². The first-order valence-corrected chi connectivity index (χ1v) is 12.7. The molecule has 0 N–H and O–H groups in total. The number of ether oxygens (including phenoxy) is 3. The minimum atomic E-state index is -0.830. The van der Waals surface area contributed by atoms with Crippen LogP contribution in [-0.4, -0.2) is 41.7 Å². The van der Waals surface area contributed by atoms with Gasteiger partial charge in [-0.3, -0.25) is 4.79 Å². The summed E-state index contributed by atoms with van der Waals surface area (Å²) in [6.45, 7) is 13.6. The molecule has 196 valence electrons. The molecule has 0 saturated carbocycles. The lowest BCUT2D eigenvalue weighted by molar-refractivity contribution is -0.147. The number of esters is 1. The highest BCUT2D eigenvalue weighted by atomic mass is 79.9. The predicted molar refractivity (Wildman–Crippen MR) is 149 cm³/mol. The van der Waals surface area contributed by atoms with Crippen molar-refractivity contribution in [2.45, 2.75) is 52.6 Å². The number of hydrogen-bond acceptors (Lipinski definition) is 7. The average Bonchev–Trinajstić information content (AvgIpc) is 2.84. The molecule has 3 aromatic rings. The lowest BCUT2D eigenvalue weighted by Crippen LogP contribution is -2.29. The number of carbonyl (C=O) groups is 1. The van der Waals surface area contributed by atoms with Crippen LogP contribution >= 0.6 is 15.9 Å². The third-order valence-corrected chi connectivity index (χ3v) is 5.94. The molecule has 0 bridgehead atoms. The maximum absolute atomic E-state index is 13.5. The van der Waals surface area contributed by atoms with Gasteiger partial charge in [-0.05, 0) is 56.2 Å². The van der Waals surface area contributed by atoms with E-state index in [9.17, 15) is 9.59 Å². The van der Waals surface area contributed by atoms with Crippen LogP contribution < -0.4 is 15.0 Å². The lowest BCUT2D eigenvalue weighted by Gasteiger charge is -2.21. The number of benzene rings is 2.